The number of rotatable bonds is 48. The molecule has 0 unspecified atom stereocenters. The largest absolute Gasteiger partial charge is 0.508 e. The van der Waals surface area contributed by atoms with E-state index in [1.165, 1.54) is 0 Å². The smallest absolute Gasteiger partial charge is 0.466 e. The minimum atomic E-state index is -1.48. The van der Waals surface area contributed by atoms with E-state index in [1.54, 1.807) is 0 Å². The molecule has 0 aliphatic heterocycles. The standard InChI is InChI=1S/C55H95NO14/c1-6-11-14-17-20-29-40-63-41-30-23-24-34-51(59)67-45-55(48-70-54(62)66-44-33-39-56(9-4)10-5,46-68-52(60)37-27-25-35-49(57)64-42-31-21-18-15-12-7-2)47-69-53(61)38-28-26-36-50(58)65-43-32-22-19-16-13-8-3/h11-16H,6-10,17-48H2,1-5H3/b14-11-,15-12-,16-13-. The van der Waals surface area contributed by atoms with Crippen LogP contribution in [-0.4, -0.2) is 120 Å². The summed E-state index contributed by atoms with van der Waals surface area (Å²) >= 11 is 0. The summed E-state index contributed by atoms with van der Waals surface area (Å²) in [5, 5.41) is 0. The Balaban J connectivity index is 5.61. The van der Waals surface area contributed by atoms with Crippen LogP contribution in [0.15, 0.2) is 36.5 Å². The molecular weight excluding hydrogens is 899 g/mol. The van der Waals surface area contributed by atoms with E-state index in [1.807, 2.05) is 0 Å². The molecule has 0 aromatic heterocycles. The fourth-order valence-corrected chi connectivity index (χ4v) is 6.80. The van der Waals surface area contributed by atoms with Crippen LogP contribution in [0, 0.1) is 5.41 Å². The summed E-state index contributed by atoms with van der Waals surface area (Å²) in [5.74, 6) is -2.35. The SMILES string of the molecule is CC/C=C\CCCCOCCCCCC(=O)OCC(COC(=O)CCCCC(=O)OCCCC/C=C\CC)(COC(=O)CCCCC(=O)OCCCC/C=C\CC)COC(=O)OCCCN(CC)CC. The molecule has 0 aromatic carbocycles. The highest BCUT2D eigenvalue weighted by molar-refractivity contribution is 5.72. The molecule has 15 nitrogen and oxygen atoms in total. The van der Waals surface area contributed by atoms with Crippen molar-refractivity contribution >= 4 is 36.0 Å². The van der Waals surface area contributed by atoms with E-state index in [2.05, 4.69) is 76.0 Å². The van der Waals surface area contributed by atoms with Crippen molar-refractivity contribution in [2.75, 3.05) is 79.1 Å². The maximum Gasteiger partial charge on any atom is 0.508 e. The number of carbonyl (C=O) groups is 6. The van der Waals surface area contributed by atoms with E-state index in [-0.39, 0.29) is 57.3 Å². The van der Waals surface area contributed by atoms with Crippen molar-refractivity contribution in [1.82, 2.24) is 4.90 Å². The first-order valence-electron chi connectivity index (χ1n) is 26.9. The van der Waals surface area contributed by atoms with Crippen molar-refractivity contribution in [3.63, 3.8) is 0 Å². The Kier molecular flexibility index (Phi) is 45.5. The van der Waals surface area contributed by atoms with Gasteiger partial charge in [0.15, 0.2) is 0 Å². The second-order valence-corrected chi connectivity index (χ2v) is 17.7. The average molecular weight is 994 g/mol. The second kappa shape index (κ2) is 48.4. The maximum absolute atomic E-state index is 13.1. The van der Waals surface area contributed by atoms with Crippen molar-refractivity contribution < 1.29 is 66.7 Å². The molecule has 0 bridgehead atoms. The first-order chi connectivity index (χ1) is 34.0. The highest BCUT2D eigenvalue weighted by Crippen LogP contribution is 2.23. The van der Waals surface area contributed by atoms with Gasteiger partial charge in [-0.05, 0) is 135 Å². The van der Waals surface area contributed by atoms with Crippen LogP contribution in [-0.2, 0) is 61.9 Å². The van der Waals surface area contributed by atoms with Gasteiger partial charge in [-0.2, -0.15) is 0 Å². The van der Waals surface area contributed by atoms with Gasteiger partial charge in [-0.25, -0.2) is 4.79 Å². The zero-order valence-electron chi connectivity index (χ0n) is 44.3. The Morgan fingerprint density at radius 3 is 1.10 bits per heavy atom. The first kappa shape index (κ1) is 65.8. The molecule has 70 heavy (non-hydrogen) atoms. The minimum absolute atomic E-state index is 0.0130. The number of ether oxygens (including phenoxy) is 8. The molecule has 0 saturated heterocycles. The lowest BCUT2D eigenvalue weighted by molar-refractivity contribution is -0.166. The van der Waals surface area contributed by atoms with Crippen molar-refractivity contribution in [3.05, 3.63) is 36.5 Å². The minimum Gasteiger partial charge on any atom is -0.466 e. The zero-order chi connectivity index (χ0) is 51.6. The van der Waals surface area contributed by atoms with Gasteiger partial charge < -0.3 is 42.8 Å². The number of nitrogens with zero attached hydrogens (tertiary/aromatic N) is 1. The number of unbranched alkanes of at least 4 members (excludes halogenated alkanes) is 10. The van der Waals surface area contributed by atoms with Gasteiger partial charge in [0, 0.05) is 51.9 Å². The van der Waals surface area contributed by atoms with E-state index in [0.717, 1.165) is 110 Å². The van der Waals surface area contributed by atoms with Crippen LogP contribution in [0.25, 0.3) is 0 Å². The predicted octanol–water partition coefficient (Wildman–Crippen LogP) is 11.7. The lowest BCUT2D eigenvalue weighted by atomic mass is 9.92. The molecule has 0 radical (unpaired) electrons. The van der Waals surface area contributed by atoms with Gasteiger partial charge in [0.2, 0.25) is 0 Å². The van der Waals surface area contributed by atoms with E-state index in [0.29, 0.717) is 65.0 Å². The third-order valence-corrected chi connectivity index (χ3v) is 11.2. The normalized spacial score (nSPS) is 11.7. The molecule has 0 amide bonds. The van der Waals surface area contributed by atoms with Gasteiger partial charge >= 0.3 is 36.0 Å². The summed E-state index contributed by atoms with van der Waals surface area (Å²) in [7, 11) is 0. The Labute approximate surface area is 422 Å². The molecule has 0 aromatic rings. The maximum atomic E-state index is 13.1. The van der Waals surface area contributed by atoms with Crippen LogP contribution >= 0.6 is 0 Å². The fraction of sp³-hybridized carbons (Fsp3) is 0.782. The first-order valence-corrected chi connectivity index (χ1v) is 26.9. The number of hydrogen-bond acceptors (Lipinski definition) is 15. The van der Waals surface area contributed by atoms with Gasteiger partial charge in [-0.3, -0.25) is 24.0 Å². The second-order valence-electron chi connectivity index (χ2n) is 17.7. The third-order valence-electron chi connectivity index (χ3n) is 11.2. The van der Waals surface area contributed by atoms with Crippen LogP contribution < -0.4 is 0 Å². The van der Waals surface area contributed by atoms with Crippen molar-refractivity contribution in [2.45, 2.75) is 195 Å². The van der Waals surface area contributed by atoms with Crippen LogP contribution in [0.1, 0.15) is 195 Å². The lowest BCUT2D eigenvalue weighted by Gasteiger charge is -2.31. The van der Waals surface area contributed by atoms with Crippen LogP contribution in [0.5, 0.6) is 0 Å². The molecule has 0 atom stereocenters. The summed E-state index contributed by atoms with van der Waals surface area (Å²) in [6.45, 7) is 13.3. The summed E-state index contributed by atoms with van der Waals surface area (Å²) in [5.41, 5.74) is -1.48. The molecule has 0 aliphatic carbocycles. The summed E-state index contributed by atoms with van der Waals surface area (Å²) in [4.78, 5) is 78.9. The van der Waals surface area contributed by atoms with Crippen molar-refractivity contribution in [3.8, 4) is 0 Å². The molecular formula is C55H95NO14. The Morgan fingerprint density at radius 2 is 0.700 bits per heavy atom. The predicted molar refractivity (Wildman–Crippen MR) is 273 cm³/mol. The van der Waals surface area contributed by atoms with Crippen LogP contribution in [0.4, 0.5) is 4.79 Å². The van der Waals surface area contributed by atoms with Gasteiger partial charge in [0.05, 0.1) is 19.8 Å². The van der Waals surface area contributed by atoms with Gasteiger partial charge in [-0.1, -0.05) is 77.5 Å². The molecule has 0 saturated carbocycles. The molecule has 404 valence electrons. The monoisotopic (exact) mass is 994 g/mol. The molecule has 0 fully saturated rings. The topological polar surface area (TPSA) is 179 Å². The van der Waals surface area contributed by atoms with Crippen LogP contribution in [0.2, 0.25) is 0 Å². The zero-order valence-corrected chi connectivity index (χ0v) is 44.3. The highest BCUT2D eigenvalue weighted by atomic mass is 16.7. The van der Waals surface area contributed by atoms with E-state index in [9.17, 15) is 28.8 Å². The average Bonchev–Trinajstić information content (AvgIpc) is 3.35. The van der Waals surface area contributed by atoms with Crippen LogP contribution in [0.3, 0.4) is 0 Å². The molecule has 0 aliphatic rings. The molecule has 0 spiro atoms. The Morgan fingerprint density at radius 1 is 0.357 bits per heavy atom. The van der Waals surface area contributed by atoms with E-state index in [4.69, 9.17) is 37.9 Å². The number of allylic oxidation sites excluding steroid dienone is 6. The number of hydrogen-bond donors (Lipinski definition) is 0. The van der Waals surface area contributed by atoms with Gasteiger partial charge in [0.1, 0.15) is 31.8 Å². The molecule has 0 N–H and O–H groups in total. The van der Waals surface area contributed by atoms with Gasteiger partial charge in [0.25, 0.3) is 0 Å². The van der Waals surface area contributed by atoms with Crippen molar-refractivity contribution in [2.24, 2.45) is 5.41 Å². The Bertz CT molecular complexity index is 1370. The number of esters is 5. The quantitative estimate of drug-likeness (QED) is 0.0243. The summed E-state index contributed by atoms with van der Waals surface area (Å²) in [6.07, 6.45) is 28.0. The summed E-state index contributed by atoms with van der Waals surface area (Å²) in [6, 6.07) is 0. The molecule has 0 heterocycles. The third kappa shape index (κ3) is 42.6. The highest BCUT2D eigenvalue weighted by Gasteiger charge is 2.38. The van der Waals surface area contributed by atoms with E-state index >= 15 is 0 Å². The lowest BCUT2D eigenvalue weighted by Crippen LogP contribution is -2.44. The fourth-order valence-electron chi connectivity index (χ4n) is 6.80. The van der Waals surface area contributed by atoms with Crippen molar-refractivity contribution in [1.29, 1.82) is 0 Å². The van der Waals surface area contributed by atoms with Gasteiger partial charge in [-0.15, -0.1) is 0 Å². The van der Waals surface area contributed by atoms with E-state index < -0.39 is 49.3 Å². The summed E-state index contributed by atoms with van der Waals surface area (Å²) < 4.78 is 44.4. The molecule has 0 rings (SSSR count). The number of carbonyl (C=O) groups excluding carboxylic acids is 6. The Hall–Kier alpha value is -4.24. The molecule has 15 heteroatoms.